The molecule has 0 aliphatic carbocycles. The number of nitrogens with zero attached hydrogens (tertiary/aromatic N) is 2. The molecule has 0 bridgehead atoms. The molecule has 3 rings (SSSR count). The number of benzene rings is 2. The summed E-state index contributed by atoms with van der Waals surface area (Å²) in [6.07, 6.45) is 0. The minimum Gasteiger partial charge on any atom is -0.322 e. The van der Waals surface area contributed by atoms with Crippen LogP contribution in [-0.2, 0) is 0 Å². The average molecular weight is 318 g/mol. The van der Waals surface area contributed by atoms with Crippen LogP contribution in [0.2, 0.25) is 0 Å². The molecule has 0 saturated heterocycles. The lowest BCUT2D eigenvalue weighted by Crippen LogP contribution is -2.72. The van der Waals surface area contributed by atoms with Crippen LogP contribution in [0, 0.1) is 13.8 Å². The summed E-state index contributed by atoms with van der Waals surface area (Å²) in [5.74, 6) is 0.867. The Labute approximate surface area is 141 Å². The fourth-order valence-electron chi connectivity index (χ4n) is 2.47. The largest absolute Gasteiger partial charge is 0.354 e. The van der Waals surface area contributed by atoms with E-state index >= 15 is 0 Å². The Kier molecular flexibility index (Phi) is 4.52. The van der Waals surface area contributed by atoms with Gasteiger partial charge in [0.05, 0.1) is 17.1 Å². The summed E-state index contributed by atoms with van der Waals surface area (Å²) < 4.78 is 0. The van der Waals surface area contributed by atoms with Crippen LogP contribution >= 0.6 is 0 Å². The van der Waals surface area contributed by atoms with E-state index in [0.29, 0.717) is 11.9 Å². The standard InChI is InChI=1S/C19H19N5/c1-13-12-14(2)22-19(21-13)24-18(20)23-17-10-8-16(9-11-17)15-6-4-3-5-7-15/h3-12H,1-2H3,(H3,20,21,22,23,24)/p+1. The van der Waals surface area contributed by atoms with Crippen molar-refractivity contribution in [2.75, 3.05) is 5.32 Å². The highest BCUT2D eigenvalue weighted by molar-refractivity contribution is 5.88. The molecule has 0 unspecified atom stereocenters. The molecule has 0 amide bonds. The zero-order valence-corrected chi connectivity index (χ0v) is 13.7. The highest BCUT2D eigenvalue weighted by Gasteiger charge is 2.06. The van der Waals surface area contributed by atoms with Crippen molar-refractivity contribution in [2.24, 2.45) is 5.73 Å². The van der Waals surface area contributed by atoms with E-state index in [4.69, 9.17) is 5.73 Å². The summed E-state index contributed by atoms with van der Waals surface area (Å²) in [5, 5.41) is 3.11. The highest BCUT2D eigenvalue weighted by Crippen LogP contribution is 2.20. The molecule has 0 fully saturated rings. The van der Waals surface area contributed by atoms with Gasteiger partial charge in [-0.05, 0) is 37.1 Å². The number of nitrogens with two attached hydrogens (primary N) is 1. The Hall–Kier alpha value is -3.21. The molecule has 4 N–H and O–H groups in total. The van der Waals surface area contributed by atoms with Crippen LogP contribution in [0.3, 0.4) is 0 Å². The molecule has 5 heteroatoms. The minimum atomic E-state index is 0.382. The summed E-state index contributed by atoms with van der Waals surface area (Å²) >= 11 is 0. The molecular weight excluding hydrogens is 298 g/mol. The number of rotatable bonds is 3. The van der Waals surface area contributed by atoms with Gasteiger partial charge in [0.25, 0.3) is 5.96 Å². The summed E-state index contributed by atoms with van der Waals surface area (Å²) in [5.41, 5.74) is 11.0. The van der Waals surface area contributed by atoms with Gasteiger partial charge < -0.3 is 5.73 Å². The van der Waals surface area contributed by atoms with Gasteiger partial charge in [-0.1, -0.05) is 42.5 Å². The van der Waals surface area contributed by atoms with Gasteiger partial charge in [-0.25, -0.2) is 4.99 Å². The van der Waals surface area contributed by atoms with E-state index in [0.717, 1.165) is 22.6 Å². The number of hydrogen-bond acceptors (Lipinski definition) is 2. The van der Waals surface area contributed by atoms with E-state index < -0.39 is 0 Å². The van der Waals surface area contributed by atoms with Gasteiger partial charge in [0.2, 0.25) is 0 Å². The van der Waals surface area contributed by atoms with Crippen LogP contribution in [0.1, 0.15) is 11.4 Å². The van der Waals surface area contributed by atoms with E-state index in [9.17, 15) is 0 Å². The third-order valence-corrected chi connectivity index (χ3v) is 3.50. The summed E-state index contributed by atoms with van der Waals surface area (Å²) in [7, 11) is 0. The van der Waals surface area contributed by atoms with Crippen LogP contribution in [0.5, 0.6) is 0 Å². The smallest absolute Gasteiger partial charge is 0.322 e. The summed E-state index contributed by atoms with van der Waals surface area (Å²) in [4.78, 5) is 11.6. The van der Waals surface area contributed by atoms with Crippen molar-refractivity contribution in [3.05, 3.63) is 72.1 Å². The number of guanidine groups is 1. The first-order chi connectivity index (χ1) is 11.6. The molecule has 3 aromatic rings. The molecule has 24 heavy (non-hydrogen) atoms. The van der Waals surface area contributed by atoms with Crippen LogP contribution in [-0.4, -0.2) is 15.9 Å². The van der Waals surface area contributed by atoms with Crippen LogP contribution in [0.4, 0.5) is 11.6 Å². The third-order valence-electron chi connectivity index (χ3n) is 3.50. The molecule has 1 aromatic heterocycles. The topological polar surface area (TPSA) is 77.8 Å². The zero-order valence-electron chi connectivity index (χ0n) is 13.7. The molecule has 5 nitrogen and oxygen atoms in total. The van der Waals surface area contributed by atoms with E-state index in [1.54, 1.807) is 0 Å². The van der Waals surface area contributed by atoms with E-state index in [2.05, 4.69) is 44.5 Å². The van der Waals surface area contributed by atoms with E-state index in [1.165, 1.54) is 5.56 Å². The van der Waals surface area contributed by atoms with Crippen molar-refractivity contribution in [3.8, 4) is 11.1 Å². The van der Waals surface area contributed by atoms with Crippen LogP contribution in [0.25, 0.3) is 11.1 Å². The fourth-order valence-corrected chi connectivity index (χ4v) is 2.47. The van der Waals surface area contributed by atoms with Crippen molar-refractivity contribution < 1.29 is 4.99 Å². The monoisotopic (exact) mass is 318 g/mol. The van der Waals surface area contributed by atoms with Crippen molar-refractivity contribution in [1.82, 2.24) is 9.97 Å². The van der Waals surface area contributed by atoms with Gasteiger partial charge >= 0.3 is 5.95 Å². The predicted molar refractivity (Wildman–Crippen MR) is 96.8 cm³/mol. The SMILES string of the molecule is Cc1cc(C)nc([NH+]=C(N)Nc2ccc(-c3ccccc3)cc2)n1. The quantitative estimate of drug-likeness (QED) is 0.509. The maximum atomic E-state index is 6.00. The van der Waals surface area contributed by atoms with Crippen molar-refractivity contribution in [2.45, 2.75) is 13.8 Å². The molecule has 0 aliphatic rings. The Bertz CT molecular complexity index is 834. The first-order valence-corrected chi connectivity index (χ1v) is 7.74. The molecule has 120 valence electrons. The van der Waals surface area contributed by atoms with Crippen LogP contribution in [0.15, 0.2) is 60.7 Å². The lowest BCUT2D eigenvalue weighted by atomic mass is 10.1. The maximum Gasteiger partial charge on any atom is 0.354 e. The number of anilines is 1. The predicted octanol–water partition coefficient (Wildman–Crippen LogP) is 1.90. The van der Waals surface area contributed by atoms with Crippen molar-refractivity contribution >= 4 is 17.6 Å². The van der Waals surface area contributed by atoms with Gasteiger partial charge in [0, 0.05) is 6.07 Å². The Morgan fingerprint density at radius 3 is 2.08 bits per heavy atom. The van der Waals surface area contributed by atoms with Gasteiger partial charge in [-0.3, -0.25) is 5.32 Å². The van der Waals surface area contributed by atoms with Gasteiger partial charge in [0.1, 0.15) is 0 Å². The second kappa shape index (κ2) is 6.91. The molecule has 2 aromatic carbocycles. The molecule has 1 heterocycles. The molecule has 0 radical (unpaired) electrons. The molecule has 0 aliphatic heterocycles. The minimum absolute atomic E-state index is 0.382. The number of hydrogen-bond donors (Lipinski definition) is 3. The van der Waals surface area contributed by atoms with Gasteiger partial charge in [-0.15, -0.1) is 9.97 Å². The summed E-state index contributed by atoms with van der Waals surface area (Å²) in [6.45, 7) is 3.84. The average Bonchev–Trinajstić information content (AvgIpc) is 2.55. The first kappa shape index (κ1) is 15.7. The Morgan fingerprint density at radius 1 is 0.875 bits per heavy atom. The number of aryl methyl sites for hydroxylation is 2. The highest BCUT2D eigenvalue weighted by atomic mass is 15.2. The molecule has 0 spiro atoms. The normalized spacial score (nSPS) is 11.3. The third kappa shape index (κ3) is 3.95. The van der Waals surface area contributed by atoms with Crippen LogP contribution < -0.4 is 16.0 Å². The van der Waals surface area contributed by atoms with E-state index in [-0.39, 0.29) is 0 Å². The van der Waals surface area contributed by atoms with E-state index in [1.807, 2.05) is 50.2 Å². The molecule has 0 atom stereocenters. The lowest BCUT2D eigenvalue weighted by molar-refractivity contribution is -0.365. The fraction of sp³-hybridized carbons (Fsp3) is 0.105. The Morgan fingerprint density at radius 2 is 1.46 bits per heavy atom. The molecule has 0 saturated carbocycles. The van der Waals surface area contributed by atoms with Gasteiger partial charge in [-0.2, -0.15) is 0 Å². The second-order valence-corrected chi connectivity index (χ2v) is 5.58. The maximum absolute atomic E-state index is 6.00. The van der Waals surface area contributed by atoms with Crippen molar-refractivity contribution in [3.63, 3.8) is 0 Å². The Balaban J connectivity index is 1.74. The lowest BCUT2D eigenvalue weighted by Gasteiger charge is -2.04. The number of nitrogens with one attached hydrogen (secondary N) is 2. The summed E-state index contributed by atoms with van der Waals surface area (Å²) in [6, 6.07) is 20.2. The molecular formula is C19H20N5+. The van der Waals surface area contributed by atoms with Crippen molar-refractivity contribution in [1.29, 1.82) is 0 Å². The van der Waals surface area contributed by atoms with Gasteiger partial charge in [0.15, 0.2) is 0 Å². The second-order valence-electron chi connectivity index (χ2n) is 5.58. The zero-order chi connectivity index (χ0) is 16.9. The first-order valence-electron chi connectivity index (χ1n) is 7.74. The number of aromatic nitrogens is 2.